The molecule has 0 spiro atoms. The highest BCUT2D eigenvalue weighted by Crippen LogP contribution is 2.49. The fraction of sp³-hybridized carbons (Fsp3) is 0.650. The highest BCUT2D eigenvalue weighted by Gasteiger charge is 2.42. The van der Waals surface area contributed by atoms with Crippen molar-refractivity contribution in [1.29, 1.82) is 0 Å². The number of hydrogen-bond donors (Lipinski definition) is 1. The standard InChI is InChI=1S/C20H31N3O3.HI/c1-4-21-19(22-14-20(8-9-20)10-11-24-5-2)23(3)13-16-6-7-17-18(12-16)26-15-25-17;/h6-7,12H,4-5,8-11,13-15H2,1-3H3,(H,21,22);1H. The molecule has 1 saturated carbocycles. The number of rotatable bonds is 9. The summed E-state index contributed by atoms with van der Waals surface area (Å²) in [6, 6.07) is 6.10. The Morgan fingerprint density at radius 3 is 2.74 bits per heavy atom. The molecule has 6 nitrogen and oxygen atoms in total. The van der Waals surface area contributed by atoms with Crippen LogP contribution < -0.4 is 14.8 Å². The third-order valence-electron chi connectivity index (χ3n) is 5.06. The number of nitrogens with one attached hydrogen (secondary N) is 1. The molecule has 0 saturated heterocycles. The van der Waals surface area contributed by atoms with Gasteiger partial charge in [0, 0.05) is 39.9 Å². The van der Waals surface area contributed by atoms with Gasteiger partial charge in [0.1, 0.15) is 0 Å². The average Bonchev–Trinajstić information content (AvgIpc) is 3.24. The molecular formula is C20H32IN3O3. The lowest BCUT2D eigenvalue weighted by Gasteiger charge is -2.23. The number of nitrogens with zero attached hydrogens (tertiary/aromatic N) is 2. The van der Waals surface area contributed by atoms with Crippen molar-refractivity contribution in [2.75, 3.05) is 40.1 Å². The second-order valence-electron chi connectivity index (χ2n) is 7.16. The Morgan fingerprint density at radius 1 is 1.26 bits per heavy atom. The van der Waals surface area contributed by atoms with Crippen molar-refractivity contribution in [2.24, 2.45) is 10.4 Å². The van der Waals surface area contributed by atoms with Gasteiger partial charge in [-0.2, -0.15) is 0 Å². The van der Waals surface area contributed by atoms with E-state index in [1.54, 1.807) is 0 Å². The molecule has 1 aliphatic carbocycles. The largest absolute Gasteiger partial charge is 0.454 e. The summed E-state index contributed by atoms with van der Waals surface area (Å²) in [5, 5.41) is 3.41. The molecule has 0 amide bonds. The number of halogens is 1. The molecule has 152 valence electrons. The van der Waals surface area contributed by atoms with Crippen LogP contribution >= 0.6 is 24.0 Å². The van der Waals surface area contributed by atoms with Crippen LogP contribution in [0.5, 0.6) is 11.5 Å². The Morgan fingerprint density at radius 2 is 2.04 bits per heavy atom. The van der Waals surface area contributed by atoms with Gasteiger partial charge in [-0.3, -0.25) is 4.99 Å². The molecule has 0 aromatic heterocycles. The number of fused-ring (bicyclic) bond motifs is 1. The minimum Gasteiger partial charge on any atom is -0.454 e. The summed E-state index contributed by atoms with van der Waals surface area (Å²) < 4.78 is 16.4. The van der Waals surface area contributed by atoms with Gasteiger partial charge in [0.2, 0.25) is 6.79 Å². The average molecular weight is 489 g/mol. The highest BCUT2D eigenvalue weighted by molar-refractivity contribution is 14.0. The molecule has 0 unspecified atom stereocenters. The van der Waals surface area contributed by atoms with E-state index in [-0.39, 0.29) is 24.0 Å². The number of ether oxygens (including phenoxy) is 3. The first-order valence-corrected chi connectivity index (χ1v) is 9.61. The van der Waals surface area contributed by atoms with Crippen LogP contribution in [0.1, 0.15) is 38.7 Å². The van der Waals surface area contributed by atoms with Crippen molar-refractivity contribution in [2.45, 2.75) is 39.7 Å². The number of aliphatic imine (C=N–C) groups is 1. The summed E-state index contributed by atoms with van der Waals surface area (Å²) in [7, 11) is 2.08. The number of guanidine groups is 1. The van der Waals surface area contributed by atoms with Crippen LogP contribution in [0.3, 0.4) is 0 Å². The van der Waals surface area contributed by atoms with Crippen LogP contribution in [0.2, 0.25) is 0 Å². The monoisotopic (exact) mass is 489 g/mol. The van der Waals surface area contributed by atoms with E-state index in [1.165, 1.54) is 18.4 Å². The third kappa shape index (κ3) is 6.14. The van der Waals surface area contributed by atoms with Crippen LogP contribution in [0.15, 0.2) is 23.2 Å². The fourth-order valence-corrected chi connectivity index (χ4v) is 3.20. The predicted octanol–water partition coefficient (Wildman–Crippen LogP) is 3.64. The van der Waals surface area contributed by atoms with Gasteiger partial charge in [0.15, 0.2) is 17.5 Å². The molecule has 0 atom stereocenters. The Hall–Kier alpha value is -1.22. The van der Waals surface area contributed by atoms with Crippen molar-refractivity contribution < 1.29 is 14.2 Å². The number of hydrogen-bond acceptors (Lipinski definition) is 4. The molecule has 0 bridgehead atoms. The first-order chi connectivity index (χ1) is 12.7. The van der Waals surface area contributed by atoms with Crippen molar-refractivity contribution in [1.82, 2.24) is 10.2 Å². The van der Waals surface area contributed by atoms with E-state index in [1.807, 2.05) is 19.1 Å². The lowest BCUT2D eigenvalue weighted by Crippen LogP contribution is -2.39. The van der Waals surface area contributed by atoms with E-state index >= 15 is 0 Å². The fourth-order valence-electron chi connectivity index (χ4n) is 3.20. The summed E-state index contributed by atoms with van der Waals surface area (Å²) in [6.07, 6.45) is 3.62. The van der Waals surface area contributed by atoms with E-state index in [9.17, 15) is 0 Å². The van der Waals surface area contributed by atoms with Crippen LogP contribution in [0, 0.1) is 5.41 Å². The van der Waals surface area contributed by atoms with Gasteiger partial charge >= 0.3 is 0 Å². The Balaban J connectivity index is 0.00000261. The summed E-state index contributed by atoms with van der Waals surface area (Å²) in [5.74, 6) is 2.60. The van der Waals surface area contributed by atoms with Gasteiger partial charge in [-0.1, -0.05) is 6.07 Å². The van der Waals surface area contributed by atoms with E-state index in [2.05, 4.69) is 30.3 Å². The molecule has 3 rings (SSSR count). The quantitative estimate of drug-likeness (QED) is 0.249. The van der Waals surface area contributed by atoms with E-state index in [0.29, 0.717) is 12.2 Å². The first kappa shape index (κ1) is 22.1. The lowest BCUT2D eigenvalue weighted by atomic mass is 10.0. The maximum atomic E-state index is 5.53. The maximum absolute atomic E-state index is 5.53. The van der Waals surface area contributed by atoms with Crippen molar-refractivity contribution in [3.63, 3.8) is 0 Å². The van der Waals surface area contributed by atoms with Gasteiger partial charge in [-0.05, 0) is 56.2 Å². The van der Waals surface area contributed by atoms with Crippen LogP contribution in [-0.2, 0) is 11.3 Å². The molecule has 1 N–H and O–H groups in total. The molecule has 7 heteroatoms. The minimum atomic E-state index is 0. The molecular weight excluding hydrogens is 457 g/mol. The maximum Gasteiger partial charge on any atom is 0.231 e. The summed E-state index contributed by atoms with van der Waals surface area (Å²) >= 11 is 0. The smallest absolute Gasteiger partial charge is 0.231 e. The van der Waals surface area contributed by atoms with Crippen LogP contribution in [-0.4, -0.2) is 51.0 Å². The zero-order valence-corrected chi connectivity index (χ0v) is 19.0. The lowest BCUT2D eigenvalue weighted by molar-refractivity contribution is 0.129. The van der Waals surface area contributed by atoms with E-state index in [4.69, 9.17) is 19.2 Å². The summed E-state index contributed by atoms with van der Waals surface area (Å²) in [4.78, 5) is 7.08. The van der Waals surface area contributed by atoms with Crippen molar-refractivity contribution in [3.05, 3.63) is 23.8 Å². The zero-order valence-electron chi connectivity index (χ0n) is 16.6. The highest BCUT2D eigenvalue weighted by atomic mass is 127. The van der Waals surface area contributed by atoms with Crippen LogP contribution in [0.25, 0.3) is 0 Å². The van der Waals surface area contributed by atoms with Gasteiger partial charge in [0.05, 0.1) is 0 Å². The molecule has 0 radical (unpaired) electrons. The van der Waals surface area contributed by atoms with Gasteiger partial charge < -0.3 is 24.4 Å². The molecule has 1 aromatic rings. The Labute approximate surface area is 179 Å². The predicted molar refractivity (Wildman–Crippen MR) is 118 cm³/mol. The minimum absolute atomic E-state index is 0. The van der Waals surface area contributed by atoms with Gasteiger partial charge in [-0.15, -0.1) is 24.0 Å². The SMILES string of the molecule is CCNC(=NCC1(CCOCC)CC1)N(C)Cc1ccc2c(c1)OCO2.I. The normalized spacial score (nSPS) is 16.6. The molecule has 1 fully saturated rings. The third-order valence-corrected chi connectivity index (χ3v) is 5.06. The second kappa shape index (κ2) is 10.4. The zero-order chi connectivity index (χ0) is 18.4. The number of benzene rings is 1. The Bertz CT molecular complexity index is 635. The molecule has 1 heterocycles. The topological polar surface area (TPSA) is 55.3 Å². The Kier molecular flexibility index (Phi) is 8.47. The molecule has 1 aromatic carbocycles. The van der Waals surface area contributed by atoms with Gasteiger partial charge in [0.25, 0.3) is 0 Å². The van der Waals surface area contributed by atoms with Crippen LogP contribution in [0.4, 0.5) is 0 Å². The second-order valence-corrected chi connectivity index (χ2v) is 7.16. The van der Waals surface area contributed by atoms with E-state index < -0.39 is 0 Å². The molecule has 2 aliphatic rings. The van der Waals surface area contributed by atoms with Gasteiger partial charge in [-0.25, -0.2) is 0 Å². The van der Waals surface area contributed by atoms with E-state index in [0.717, 1.165) is 56.7 Å². The summed E-state index contributed by atoms with van der Waals surface area (Å²) in [6.45, 7) is 8.59. The first-order valence-electron chi connectivity index (χ1n) is 9.61. The van der Waals surface area contributed by atoms with Crippen molar-refractivity contribution in [3.8, 4) is 11.5 Å². The summed E-state index contributed by atoms with van der Waals surface area (Å²) in [5.41, 5.74) is 1.54. The van der Waals surface area contributed by atoms with Crippen molar-refractivity contribution >= 4 is 29.9 Å². The molecule has 1 aliphatic heterocycles. The molecule has 27 heavy (non-hydrogen) atoms.